The minimum Gasteiger partial charge on any atom is -0.348 e. The second-order valence-corrected chi connectivity index (χ2v) is 4.56. The van der Waals surface area contributed by atoms with E-state index in [0.717, 1.165) is 23.7 Å². The summed E-state index contributed by atoms with van der Waals surface area (Å²) in [5.41, 5.74) is 1.09. The van der Waals surface area contributed by atoms with Gasteiger partial charge in [-0.05, 0) is 6.42 Å². The van der Waals surface area contributed by atoms with Crippen molar-refractivity contribution in [1.29, 1.82) is 0 Å². The summed E-state index contributed by atoms with van der Waals surface area (Å²) in [5, 5.41) is 8.94. The highest BCUT2D eigenvalue weighted by Crippen LogP contribution is 2.09. The summed E-state index contributed by atoms with van der Waals surface area (Å²) in [6.07, 6.45) is 4.79. The summed E-state index contributed by atoms with van der Waals surface area (Å²) in [6.45, 7) is 3.37. The number of rotatable bonds is 4. The summed E-state index contributed by atoms with van der Waals surface area (Å²) >= 11 is 1.59. The number of aromatic nitrogens is 1. The van der Waals surface area contributed by atoms with E-state index in [2.05, 4.69) is 22.5 Å². The minimum atomic E-state index is -0.175. The maximum atomic E-state index is 11.6. The Balaban J connectivity index is 1.82. The molecule has 1 aromatic rings. The SMILES string of the molecule is CCc1csc(CNC(=O)[C@@H]2C=CCN2)n1. The Bertz CT molecular complexity index is 400. The van der Waals surface area contributed by atoms with Crippen LogP contribution in [0.5, 0.6) is 0 Å². The van der Waals surface area contributed by atoms with Gasteiger partial charge in [0.2, 0.25) is 5.91 Å². The zero-order valence-corrected chi connectivity index (χ0v) is 10.0. The number of nitrogens with zero attached hydrogens (tertiary/aromatic N) is 1. The predicted molar refractivity (Wildman–Crippen MR) is 64.3 cm³/mol. The van der Waals surface area contributed by atoms with Crippen LogP contribution in [-0.4, -0.2) is 23.5 Å². The van der Waals surface area contributed by atoms with E-state index in [1.165, 1.54) is 0 Å². The number of aryl methyl sites for hydroxylation is 1. The van der Waals surface area contributed by atoms with E-state index in [1.807, 2.05) is 17.5 Å². The molecule has 0 spiro atoms. The van der Waals surface area contributed by atoms with Gasteiger partial charge in [0.1, 0.15) is 11.0 Å². The molecule has 0 bridgehead atoms. The zero-order chi connectivity index (χ0) is 11.4. The van der Waals surface area contributed by atoms with Crippen molar-refractivity contribution in [3.05, 3.63) is 28.2 Å². The molecule has 2 rings (SSSR count). The number of hydrogen-bond acceptors (Lipinski definition) is 4. The number of nitrogens with one attached hydrogen (secondary N) is 2. The molecule has 0 fully saturated rings. The number of carbonyl (C=O) groups excluding carboxylic acids is 1. The average molecular weight is 237 g/mol. The largest absolute Gasteiger partial charge is 0.348 e. The Morgan fingerprint density at radius 1 is 1.75 bits per heavy atom. The number of thiazole rings is 1. The summed E-state index contributed by atoms with van der Waals surface area (Å²) < 4.78 is 0. The van der Waals surface area contributed by atoms with E-state index in [4.69, 9.17) is 0 Å². The van der Waals surface area contributed by atoms with Gasteiger partial charge in [0.25, 0.3) is 0 Å². The highest BCUT2D eigenvalue weighted by Gasteiger charge is 2.16. The van der Waals surface area contributed by atoms with Crippen LogP contribution >= 0.6 is 11.3 Å². The van der Waals surface area contributed by atoms with E-state index in [9.17, 15) is 4.79 Å². The van der Waals surface area contributed by atoms with Gasteiger partial charge in [-0.3, -0.25) is 10.1 Å². The second-order valence-electron chi connectivity index (χ2n) is 3.62. The fraction of sp³-hybridized carbons (Fsp3) is 0.455. The van der Waals surface area contributed by atoms with Crippen LogP contribution in [0.15, 0.2) is 17.5 Å². The van der Waals surface area contributed by atoms with E-state index >= 15 is 0 Å². The average Bonchev–Trinajstić information content (AvgIpc) is 2.96. The van der Waals surface area contributed by atoms with Crippen molar-refractivity contribution < 1.29 is 4.79 Å². The maximum absolute atomic E-state index is 11.6. The van der Waals surface area contributed by atoms with Gasteiger partial charge < -0.3 is 5.32 Å². The van der Waals surface area contributed by atoms with Crippen LogP contribution in [0.1, 0.15) is 17.6 Å². The van der Waals surface area contributed by atoms with Gasteiger partial charge in [-0.15, -0.1) is 11.3 Å². The first kappa shape index (κ1) is 11.3. The van der Waals surface area contributed by atoms with Crippen molar-refractivity contribution >= 4 is 17.2 Å². The quantitative estimate of drug-likeness (QED) is 0.763. The lowest BCUT2D eigenvalue weighted by molar-refractivity contribution is -0.122. The summed E-state index contributed by atoms with van der Waals surface area (Å²) in [7, 11) is 0. The molecular weight excluding hydrogens is 222 g/mol. The first-order valence-electron chi connectivity index (χ1n) is 5.40. The van der Waals surface area contributed by atoms with Gasteiger partial charge in [-0.2, -0.15) is 0 Å². The van der Waals surface area contributed by atoms with Gasteiger partial charge in [0, 0.05) is 11.9 Å². The van der Waals surface area contributed by atoms with Gasteiger partial charge in [-0.25, -0.2) is 4.98 Å². The van der Waals surface area contributed by atoms with Crippen LogP contribution in [-0.2, 0) is 17.8 Å². The fourth-order valence-electron chi connectivity index (χ4n) is 1.51. The van der Waals surface area contributed by atoms with Crippen LogP contribution in [0.4, 0.5) is 0 Å². The number of amides is 1. The van der Waals surface area contributed by atoms with Gasteiger partial charge in [0.15, 0.2) is 0 Å². The molecule has 2 heterocycles. The Morgan fingerprint density at radius 2 is 2.62 bits per heavy atom. The van der Waals surface area contributed by atoms with Crippen molar-refractivity contribution in [2.75, 3.05) is 6.54 Å². The highest BCUT2D eigenvalue weighted by molar-refractivity contribution is 7.09. The maximum Gasteiger partial charge on any atom is 0.241 e. The molecule has 1 aromatic heterocycles. The summed E-state index contributed by atoms with van der Waals surface area (Å²) in [4.78, 5) is 16.0. The Morgan fingerprint density at radius 3 is 3.25 bits per heavy atom. The molecule has 0 aliphatic carbocycles. The first-order valence-corrected chi connectivity index (χ1v) is 6.28. The molecule has 0 saturated carbocycles. The molecule has 4 nitrogen and oxygen atoms in total. The van der Waals surface area contributed by atoms with Crippen LogP contribution in [0.2, 0.25) is 0 Å². The molecule has 16 heavy (non-hydrogen) atoms. The molecular formula is C11H15N3OS. The normalized spacial score (nSPS) is 18.9. The summed E-state index contributed by atoms with van der Waals surface area (Å²) in [5.74, 6) is 0.0157. The third-order valence-electron chi connectivity index (χ3n) is 2.44. The van der Waals surface area contributed by atoms with E-state index < -0.39 is 0 Å². The minimum absolute atomic E-state index is 0.0157. The molecule has 1 atom stereocenters. The Kier molecular flexibility index (Phi) is 3.69. The topological polar surface area (TPSA) is 54.0 Å². The zero-order valence-electron chi connectivity index (χ0n) is 9.19. The molecule has 1 aliphatic rings. The number of carbonyl (C=O) groups is 1. The van der Waals surface area contributed by atoms with E-state index in [-0.39, 0.29) is 11.9 Å². The van der Waals surface area contributed by atoms with Crippen LogP contribution < -0.4 is 10.6 Å². The third kappa shape index (κ3) is 2.68. The molecule has 0 unspecified atom stereocenters. The molecule has 0 radical (unpaired) electrons. The van der Waals surface area contributed by atoms with Crippen molar-refractivity contribution in [3.8, 4) is 0 Å². The monoisotopic (exact) mass is 237 g/mol. The second kappa shape index (κ2) is 5.23. The molecule has 1 aliphatic heterocycles. The molecule has 0 aromatic carbocycles. The molecule has 2 N–H and O–H groups in total. The van der Waals surface area contributed by atoms with E-state index in [0.29, 0.717) is 6.54 Å². The molecule has 1 amide bonds. The van der Waals surface area contributed by atoms with Crippen LogP contribution in [0, 0.1) is 0 Å². The van der Waals surface area contributed by atoms with Gasteiger partial charge in [0.05, 0.1) is 12.2 Å². The van der Waals surface area contributed by atoms with Crippen molar-refractivity contribution in [2.24, 2.45) is 0 Å². The lowest BCUT2D eigenvalue weighted by Gasteiger charge is -2.08. The molecule has 5 heteroatoms. The van der Waals surface area contributed by atoms with Gasteiger partial charge >= 0.3 is 0 Å². The lowest BCUT2D eigenvalue weighted by atomic mass is 10.3. The standard InChI is InChI=1S/C11H15N3OS/c1-2-8-7-16-10(14-8)6-13-11(15)9-4-3-5-12-9/h3-4,7,9,12H,2,5-6H2,1H3,(H,13,15)/t9-/m0/s1. The summed E-state index contributed by atoms with van der Waals surface area (Å²) in [6, 6.07) is -0.175. The molecule has 86 valence electrons. The number of hydrogen-bond donors (Lipinski definition) is 2. The van der Waals surface area contributed by atoms with E-state index in [1.54, 1.807) is 11.3 Å². The van der Waals surface area contributed by atoms with Gasteiger partial charge in [-0.1, -0.05) is 19.1 Å². The lowest BCUT2D eigenvalue weighted by Crippen LogP contribution is -2.40. The Hall–Kier alpha value is -1.20. The van der Waals surface area contributed by atoms with Crippen molar-refractivity contribution in [1.82, 2.24) is 15.6 Å². The van der Waals surface area contributed by atoms with Crippen LogP contribution in [0.3, 0.4) is 0 Å². The first-order chi connectivity index (χ1) is 7.79. The Labute approximate surface area is 98.8 Å². The predicted octanol–water partition coefficient (Wildman–Crippen LogP) is 0.850. The highest BCUT2D eigenvalue weighted by atomic mass is 32.1. The fourth-order valence-corrected chi connectivity index (χ4v) is 2.33. The smallest absolute Gasteiger partial charge is 0.241 e. The van der Waals surface area contributed by atoms with Crippen molar-refractivity contribution in [3.63, 3.8) is 0 Å². The van der Waals surface area contributed by atoms with Crippen molar-refractivity contribution in [2.45, 2.75) is 25.9 Å². The van der Waals surface area contributed by atoms with Crippen LogP contribution in [0.25, 0.3) is 0 Å². The third-order valence-corrected chi connectivity index (χ3v) is 3.34. The molecule has 0 saturated heterocycles.